The highest BCUT2D eigenvalue weighted by molar-refractivity contribution is 7.09. The molecule has 0 amide bonds. The van der Waals surface area contributed by atoms with Gasteiger partial charge >= 0.3 is 0 Å². The summed E-state index contributed by atoms with van der Waals surface area (Å²) in [7, 11) is 4.20. The van der Waals surface area contributed by atoms with Crippen LogP contribution in [0.25, 0.3) is 0 Å². The Balaban J connectivity index is 1.87. The van der Waals surface area contributed by atoms with Gasteiger partial charge in [-0.1, -0.05) is 0 Å². The molecule has 1 aromatic heterocycles. The monoisotopic (exact) mass is 239 g/mol. The van der Waals surface area contributed by atoms with E-state index in [1.54, 1.807) is 0 Å². The quantitative estimate of drug-likeness (QED) is 0.793. The van der Waals surface area contributed by atoms with E-state index in [1.165, 1.54) is 36.6 Å². The van der Waals surface area contributed by atoms with Gasteiger partial charge in [0.15, 0.2) is 0 Å². The van der Waals surface area contributed by atoms with Gasteiger partial charge in [0, 0.05) is 24.3 Å². The molecule has 1 N–H and O–H groups in total. The summed E-state index contributed by atoms with van der Waals surface area (Å²) in [6.45, 7) is 3.48. The molecule has 1 aromatic rings. The average molecular weight is 239 g/mol. The van der Waals surface area contributed by atoms with E-state index in [1.807, 2.05) is 18.4 Å². The first-order chi connectivity index (χ1) is 7.79. The number of thiazole rings is 1. The molecule has 0 bridgehead atoms. The lowest BCUT2D eigenvalue weighted by molar-refractivity contribution is 0.411. The molecule has 0 aliphatic carbocycles. The second kappa shape index (κ2) is 5.75. The topological polar surface area (TPSA) is 28.2 Å². The number of hydrogen-bond donors (Lipinski definition) is 1. The van der Waals surface area contributed by atoms with Crippen LogP contribution in [0.5, 0.6) is 0 Å². The maximum absolute atomic E-state index is 4.76. The van der Waals surface area contributed by atoms with Crippen molar-refractivity contribution < 1.29 is 0 Å². The number of nitrogens with zero attached hydrogens (tertiary/aromatic N) is 2. The van der Waals surface area contributed by atoms with Crippen LogP contribution in [0.1, 0.15) is 29.5 Å². The van der Waals surface area contributed by atoms with Crippen molar-refractivity contribution in [2.75, 3.05) is 33.7 Å². The minimum absolute atomic E-state index is 0.680. The summed E-state index contributed by atoms with van der Waals surface area (Å²) >= 11 is 1.83. The molecule has 1 atom stereocenters. The van der Waals surface area contributed by atoms with E-state index < -0.39 is 0 Å². The Bertz CT molecular complexity index is 324. The Labute approximate surface area is 102 Å². The van der Waals surface area contributed by atoms with Crippen molar-refractivity contribution >= 4 is 11.3 Å². The normalized spacial score (nSPS) is 21.8. The van der Waals surface area contributed by atoms with Crippen LogP contribution in [0.4, 0.5) is 0 Å². The first-order valence-electron chi connectivity index (χ1n) is 6.07. The lowest BCUT2D eigenvalue weighted by Crippen LogP contribution is -2.13. The zero-order valence-corrected chi connectivity index (χ0v) is 11.0. The number of aryl methyl sites for hydroxylation is 1. The summed E-state index contributed by atoms with van der Waals surface area (Å²) in [5.41, 5.74) is 1.33. The van der Waals surface area contributed by atoms with Crippen LogP contribution in [-0.2, 0) is 6.42 Å². The third kappa shape index (κ3) is 3.03. The van der Waals surface area contributed by atoms with Gasteiger partial charge in [0.25, 0.3) is 0 Å². The molecule has 4 heteroatoms. The van der Waals surface area contributed by atoms with Gasteiger partial charge in [0.2, 0.25) is 0 Å². The van der Waals surface area contributed by atoms with E-state index in [4.69, 9.17) is 4.98 Å². The number of rotatable bonds is 5. The predicted octanol–water partition coefficient (Wildman–Crippen LogP) is 1.71. The molecule has 0 aromatic carbocycles. The summed E-state index contributed by atoms with van der Waals surface area (Å²) in [4.78, 5) is 7.16. The SMILES string of the molecule is CNCCCc1nc(C2CCN(C)C2)cs1. The zero-order chi connectivity index (χ0) is 11.4. The highest BCUT2D eigenvalue weighted by Crippen LogP contribution is 2.27. The lowest BCUT2D eigenvalue weighted by atomic mass is 10.1. The minimum Gasteiger partial charge on any atom is -0.320 e. The number of hydrogen-bond acceptors (Lipinski definition) is 4. The molecular weight excluding hydrogens is 218 g/mol. The minimum atomic E-state index is 0.680. The first-order valence-corrected chi connectivity index (χ1v) is 6.95. The van der Waals surface area contributed by atoms with E-state index >= 15 is 0 Å². The Morgan fingerprint density at radius 3 is 3.19 bits per heavy atom. The summed E-state index contributed by atoms with van der Waals surface area (Å²) in [6, 6.07) is 0. The molecule has 3 nitrogen and oxygen atoms in total. The molecule has 1 unspecified atom stereocenters. The van der Waals surface area contributed by atoms with Crippen LogP contribution in [0.15, 0.2) is 5.38 Å². The van der Waals surface area contributed by atoms with Gasteiger partial charge in [-0.15, -0.1) is 11.3 Å². The van der Waals surface area contributed by atoms with Gasteiger partial charge in [-0.05, 0) is 40.0 Å². The molecule has 1 saturated heterocycles. The fraction of sp³-hybridized carbons (Fsp3) is 0.750. The smallest absolute Gasteiger partial charge is 0.0928 e. The molecule has 1 aliphatic rings. The molecule has 2 heterocycles. The molecule has 2 rings (SSSR count). The van der Waals surface area contributed by atoms with E-state index in [-0.39, 0.29) is 0 Å². The van der Waals surface area contributed by atoms with E-state index in [0.29, 0.717) is 5.92 Å². The summed E-state index contributed by atoms with van der Waals surface area (Å²) in [5, 5.41) is 6.74. The molecule has 16 heavy (non-hydrogen) atoms. The van der Waals surface area contributed by atoms with Crippen molar-refractivity contribution in [1.82, 2.24) is 15.2 Å². The molecular formula is C12H21N3S. The van der Waals surface area contributed by atoms with Crippen LogP contribution in [0.2, 0.25) is 0 Å². The molecule has 0 spiro atoms. The Morgan fingerprint density at radius 1 is 1.62 bits per heavy atom. The standard InChI is InChI=1S/C12H21N3S/c1-13-6-3-4-12-14-11(9-16-12)10-5-7-15(2)8-10/h9-10,13H,3-8H2,1-2H3. The van der Waals surface area contributed by atoms with E-state index in [2.05, 4.69) is 22.6 Å². The van der Waals surface area contributed by atoms with Crippen molar-refractivity contribution in [3.05, 3.63) is 16.1 Å². The summed E-state index contributed by atoms with van der Waals surface area (Å²) in [6.07, 6.45) is 3.58. The fourth-order valence-electron chi connectivity index (χ4n) is 2.22. The largest absolute Gasteiger partial charge is 0.320 e. The fourth-order valence-corrected chi connectivity index (χ4v) is 3.14. The van der Waals surface area contributed by atoms with Gasteiger partial charge in [-0.2, -0.15) is 0 Å². The highest BCUT2D eigenvalue weighted by Gasteiger charge is 2.22. The first kappa shape index (κ1) is 12.0. The van der Waals surface area contributed by atoms with Gasteiger partial charge < -0.3 is 10.2 Å². The number of likely N-dealkylation sites (tertiary alicyclic amines) is 1. The third-order valence-electron chi connectivity index (χ3n) is 3.20. The maximum Gasteiger partial charge on any atom is 0.0928 e. The molecule has 1 aliphatic heterocycles. The predicted molar refractivity (Wildman–Crippen MR) is 69.2 cm³/mol. The average Bonchev–Trinajstić information content (AvgIpc) is 2.87. The second-order valence-corrected chi connectivity index (χ2v) is 5.56. The molecule has 90 valence electrons. The Morgan fingerprint density at radius 2 is 2.50 bits per heavy atom. The molecule has 1 fully saturated rings. The van der Waals surface area contributed by atoms with Crippen LogP contribution in [0.3, 0.4) is 0 Å². The van der Waals surface area contributed by atoms with Crippen molar-refractivity contribution in [1.29, 1.82) is 0 Å². The van der Waals surface area contributed by atoms with E-state index in [0.717, 1.165) is 13.0 Å². The van der Waals surface area contributed by atoms with Gasteiger partial charge in [0.05, 0.1) is 10.7 Å². The Kier molecular flexibility index (Phi) is 4.32. The second-order valence-electron chi connectivity index (χ2n) is 4.62. The van der Waals surface area contributed by atoms with Crippen molar-refractivity contribution in [3.8, 4) is 0 Å². The number of likely N-dealkylation sites (N-methyl/N-ethyl adjacent to an activating group) is 1. The number of nitrogens with one attached hydrogen (secondary N) is 1. The van der Waals surface area contributed by atoms with Crippen LogP contribution >= 0.6 is 11.3 Å². The third-order valence-corrected chi connectivity index (χ3v) is 4.12. The zero-order valence-electron chi connectivity index (χ0n) is 10.2. The van der Waals surface area contributed by atoms with Gasteiger partial charge in [0.1, 0.15) is 0 Å². The summed E-state index contributed by atoms with van der Waals surface area (Å²) < 4.78 is 0. The van der Waals surface area contributed by atoms with Gasteiger partial charge in [-0.25, -0.2) is 4.98 Å². The van der Waals surface area contributed by atoms with Crippen LogP contribution in [0, 0.1) is 0 Å². The highest BCUT2D eigenvalue weighted by atomic mass is 32.1. The van der Waals surface area contributed by atoms with Crippen LogP contribution in [-0.4, -0.2) is 43.6 Å². The van der Waals surface area contributed by atoms with Crippen molar-refractivity contribution in [2.24, 2.45) is 0 Å². The summed E-state index contributed by atoms with van der Waals surface area (Å²) in [5.74, 6) is 0.680. The maximum atomic E-state index is 4.76. The molecule has 0 saturated carbocycles. The van der Waals surface area contributed by atoms with Crippen molar-refractivity contribution in [3.63, 3.8) is 0 Å². The molecule has 0 radical (unpaired) electrons. The van der Waals surface area contributed by atoms with Crippen LogP contribution < -0.4 is 5.32 Å². The van der Waals surface area contributed by atoms with E-state index in [9.17, 15) is 0 Å². The lowest BCUT2D eigenvalue weighted by Gasteiger charge is -2.07. The van der Waals surface area contributed by atoms with Crippen molar-refractivity contribution in [2.45, 2.75) is 25.2 Å². The number of aromatic nitrogens is 1. The van der Waals surface area contributed by atoms with Gasteiger partial charge in [-0.3, -0.25) is 0 Å². The Hall–Kier alpha value is -0.450.